The first-order chi connectivity index (χ1) is 13.9. The molecule has 3 aliphatic heterocycles. The van der Waals surface area contributed by atoms with E-state index in [0.29, 0.717) is 0 Å². The number of rotatable bonds is 3. The van der Waals surface area contributed by atoms with E-state index in [1.807, 2.05) is 0 Å². The van der Waals surface area contributed by atoms with Crippen LogP contribution < -0.4 is 0 Å². The van der Waals surface area contributed by atoms with Gasteiger partial charge >= 0.3 is 11.9 Å². The molecule has 2 bridgehead atoms. The highest BCUT2D eigenvalue weighted by atomic mass is 35.5. The third-order valence-corrected chi connectivity index (χ3v) is 6.73. The van der Waals surface area contributed by atoms with Crippen LogP contribution in [0, 0.1) is 11.8 Å². The van der Waals surface area contributed by atoms with Crippen LogP contribution in [0.25, 0.3) is 0 Å². The minimum atomic E-state index is -2.37. The van der Waals surface area contributed by atoms with Gasteiger partial charge in [0.1, 0.15) is 30.2 Å². The maximum atomic E-state index is 12.7. The summed E-state index contributed by atoms with van der Waals surface area (Å²) in [5, 5.41) is 33.1. The van der Waals surface area contributed by atoms with Gasteiger partial charge < -0.3 is 29.5 Å². The van der Waals surface area contributed by atoms with Gasteiger partial charge in [-0.2, -0.15) is 0 Å². The molecular weight excluding hydrogens is 420 g/mol. The van der Waals surface area contributed by atoms with E-state index in [0.717, 1.165) is 6.08 Å². The molecule has 2 fully saturated rings. The molecule has 0 aliphatic carbocycles. The summed E-state index contributed by atoms with van der Waals surface area (Å²) in [4.78, 5) is 37.7. The summed E-state index contributed by atoms with van der Waals surface area (Å²) in [6.07, 6.45) is -3.65. The number of alkyl halides is 1. The number of aliphatic hydroxyl groups is 3. The molecule has 9 nitrogen and oxygen atoms in total. The second-order valence-corrected chi connectivity index (χ2v) is 8.41. The molecule has 0 amide bonds. The zero-order chi connectivity index (χ0) is 22.6. The van der Waals surface area contributed by atoms with Gasteiger partial charge in [-0.3, -0.25) is 4.79 Å². The predicted molar refractivity (Wildman–Crippen MR) is 102 cm³/mol. The molecule has 0 aromatic carbocycles. The molecule has 3 N–H and O–H groups in total. The van der Waals surface area contributed by atoms with Crippen LogP contribution in [-0.4, -0.2) is 74.5 Å². The van der Waals surface area contributed by atoms with Crippen LogP contribution in [0.2, 0.25) is 0 Å². The van der Waals surface area contributed by atoms with Crippen molar-refractivity contribution in [2.75, 3.05) is 5.88 Å². The number of ether oxygens (including phenoxy) is 3. The summed E-state index contributed by atoms with van der Waals surface area (Å²) in [7, 11) is 0. The Morgan fingerprint density at radius 3 is 2.57 bits per heavy atom. The van der Waals surface area contributed by atoms with Crippen LogP contribution in [0.5, 0.6) is 0 Å². The van der Waals surface area contributed by atoms with Gasteiger partial charge in [0.05, 0.1) is 11.8 Å². The Kier molecular flexibility index (Phi) is 5.79. The van der Waals surface area contributed by atoms with E-state index in [-0.39, 0.29) is 11.3 Å². The van der Waals surface area contributed by atoms with Crippen molar-refractivity contribution in [3.8, 4) is 0 Å². The molecule has 0 aromatic rings. The second-order valence-electron chi connectivity index (χ2n) is 8.14. The smallest absolute Gasteiger partial charge is 0.340 e. The van der Waals surface area contributed by atoms with Gasteiger partial charge in [-0.15, -0.1) is 11.6 Å². The van der Waals surface area contributed by atoms with E-state index in [2.05, 4.69) is 0 Å². The summed E-state index contributed by atoms with van der Waals surface area (Å²) in [5.41, 5.74) is -4.05. The first-order valence-corrected chi connectivity index (χ1v) is 10.1. The highest BCUT2D eigenvalue weighted by molar-refractivity contribution is 6.20. The van der Waals surface area contributed by atoms with Crippen molar-refractivity contribution in [1.82, 2.24) is 0 Å². The fraction of sp³-hybridized carbons (Fsp3) is 0.650. The lowest BCUT2D eigenvalue weighted by atomic mass is 9.74. The van der Waals surface area contributed by atoms with E-state index in [4.69, 9.17) is 25.8 Å². The number of carbonyl (C=O) groups is 3. The molecule has 0 spiro atoms. The normalized spacial score (nSPS) is 43.6. The van der Waals surface area contributed by atoms with Crippen LogP contribution in [0.4, 0.5) is 0 Å². The fourth-order valence-electron chi connectivity index (χ4n) is 4.05. The second kappa shape index (κ2) is 7.64. The Hall–Kier alpha value is -1.94. The topological polar surface area (TPSA) is 140 Å². The maximum Gasteiger partial charge on any atom is 0.340 e. The van der Waals surface area contributed by atoms with Crippen LogP contribution in [0.1, 0.15) is 27.7 Å². The summed E-state index contributed by atoms with van der Waals surface area (Å²) in [5.74, 6) is -5.42. The van der Waals surface area contributed by atoms with Gasteiger partial charge in [-0.25, -0.2) is 9.59 Å². The quantitative estimate of drug-likeness (QED) is 0.311. The van der Waals surface area contributed by atoms with E-state index < -0.39 is 71.1 Å². The molecule has 8 atom stereocenters. The molecule has 0 saturated carbocycles. The Morgan fingerprint density at radius 1 is 1.37 bits per heavy atom. The molecule has 0 radical (unpaired) electrons. The van der Waals surface area contributed by atoms with Crippen LogP contribution in [0.3, 0.4) is 0 Å². The molecule has 0 aromatic heterocycles. The minimum absolute atomic E-state index is 0.0850. The predicted octanol–water partition coefficient (Wildman–Crippen LogP) is -0.0107. The van der Waals surface area contributed by atoms with Gasteiger partial charge in [-0.1, -0.05) is 13.0 Å². The van der Waals surface area contributed by atoms with E-state index in [1.54, 1.807) is 13.8 Å². The first-order valence-electron chi connectivity index (χ1n) is 9.56. The van der Waals surface area contributed by atoms with Crippen molar-refractivity contribution in [3.05, 3.63) is 23.5 Å². The van der Waals surface area contributed by atoms with Gasteiger partial charge in [0, 0.05) is 17.6 Å². The molecule has 30 heavy (non-hydrogen) atoms. The largest absolute Gasteiger partial charge is 0.480 e. The molecule has 3 heterocycles. The molecular formula is C20H25ClO9. The molecule has 166 valence electrons. The van der Waals surface area contributed by atoms with Crippen molar-refractivity contribution in [3.63, 3.8) is 0 Å². The summed E-state index contributed by atoms with van der Waals surface area (Å²) in [6.45, 7) is 5.93. The number of fused-ring (bicyclic) bond motifs is 3. The molecule has 3 aliphatic rings. The molecule has 2 saturated heterocycles. The Labute approximate surface area is 178 Å². The van der Waals surface area contributed by atoms with Gasteiger partial charge in [0.25, 0.3) is 0 Å². The van der Waals surface area contributed by atoms with Crippen LogP contribution >= 0.6 is 11.6 Å². The summed E-state index contributed by atoms with van der Waals surface area (Å²) in [6, 6.07) is 0. The highest BCUT2D eigenvalue weighted by Gasteiger charge is 2.67. The van der Waals surface area contributed by atoms with Gasteiger partial charge in [0.15, 0.2) is 11.2 Å². The fourth-order valence-corrected chi connectivity index (χ4v) is 4.34. The highest BCUT2D eigenvalue weighted by Crippen LogP contribution is 2.47. The van der Waals surface area contributed by atoms with Crippen LogP contribution in [0.15, 0.2) is 23.5 Å². The number of hydrogen-bond donors (Lipinski definition) is 3. The Bertz CT molecular complexity index is 836. The lowest BCUT2D eigenvalue weighted by Crippen LogP contribution is -2.61. The lowest BCUT2D eigenvalue weighted by Gasteiger charge is -2.39. The van der Waals surface area contributed by atoms with Crippen molar-refractivity contribution in [2.24, 2.45) is 11.8 Å². The monoisotopic (exact) mass is 444 g/mol. The van der Waals surface area contributed by atoms with Gasteiger partial charge in [-0.05, 0) is 20.8 Å². The van der Waals surface area contributed by atoms with E-state index in [9.17, 15) is 29.7 Å². The van der Waals surface area contributed by atoms with Crippen molar-refractivity contribution in [2.45, 2.75) is 63.3 Å². The average molecular weight is 445 g/mol. The van der Waals surface area contributed by atoms with Gasteiger partial charge in [0.2, 0.25) is 5.78 Å². The third-order valence-electron chi connectivity index (χ3n) is 6.32. The number of aliphatic hydroxyl groups excluding tert-OH is 2. The van der Waals surface area contributed by atoms with Crippen molar-refractivity contribution < 1.29 is 43.9 Å². The van der Waals surface area contributed by atoms with Crippen molar-refractivity contribution >= 4 is 29.3 Å². The number of esters is 2. The van der Waals surface area contributed by atoms with E-state index in [1.165, 1.54) is 19.9 Å². The zero-order valence-electron chi connectivity index (χ0n) is 17.0. The standard InChI is InChI=1S/C20H25ClO9/c1-5-8(2)17(25)28-15-12-14(29-18(26)20(12,27)7-21)13(23)9(3)10-6-11(22)19(4,30-10)16(15)24/h5-6,9,12-16,23-24,27H,7H2,1-4H3. The SMILES string of the molecule is CC=C(C)C(=O)OC1C2C(OC(=O)C2(O)CCl)C(O)C(C)C2=CC(=O)C(C)(O2)C1O. The van der Waals surface area contributed by atoms with E-state index >= 15 is 0 Å². The first kappa shape index (κ1) is 22.7. The number of carbonyl (C=O) groups excluding carboxylic acids is 3. The summed E-state index contributed by atoms with van der Waals surface area (Å²) < 4.78 is 16.4. The third kappa shape index (κ3) is 3.15. The number of hydrogen-bond acceptors (Lipinski definition) is 9. The Morgan fingerprint density at radius 2 is 2.00 bits per heavy atom. The molecule has 8 unspecified atom stereocenters. The Balaban J connectivity index is 2.19. The average Bonchev–Trinajstić information content (AvgIpc) is 3.18. The lowest BCUT2D eigenvalue weighted by molar-refractivity contribution is -0.187. The number of halogens is 1. The van der Waals surface area contributed by atoms with Crippen molar-refractivity contribution in [1.29, 1.82) is 0 Å². The molecule has 10 heteroatoms. The zero-order valence-corrected chi connectivity index (χ0v) is 17.8. The minimum Gasteiger partial charge on any atom is -0.480 e. The van der Waals surface area contributed by atoms with Crippen LogP contribution in [-0.2, 0) is 28.6 Å². The summed E-state index contributed by atoms with van der Waals surface area (Å²) >= 11 is 5.89. The maximum absolute atomic E-state index is 12.7. The number of allylic oxidation sites excluding steroid dienone is 1. The number of ketones is 1. The molecule has 3 rings (SSSR count).